The van der Waals surface area contributed by atoms with Gasteiger partial charge in [0, 0.05) is 19.3 Å². The highest BCUT2D eigenvalue weighted by molar-refractivity contribution is 5.71. The Morgan fingerprint density at radius 1 is 0.323 bits per heavy atom. The van der Waals surface area contributed by atoms with Gasteiger partial charge in [-0.3, -0.25) is 14.4 Å². The van der Waals surface area contributed by atoms with Crippen molar-refractivity contribution in [3.05, 3.63) is 97.2 Å². The summed E-state index contributed by atoms with van der Waals surface area (Å²) in [4.78, 5) is 38.0. The molecule has 0 spiro atoms. The lowest BCUT2D eigenvalue weighted by Crippen LogP contribution is -2.30. The van der Waals surface area contributed by atoms with Gasteiger partial charge in [-0.05, 0) is 89.9 Å². The van der Waals surface area contributed by atoms with Crippen LogP contribution < -0.4 is 0 Å². The van der Waals surface area contributed by atoms with Crippen LogP contribution >= 0.6 is 0 Å². The van der Waals surface area contributed by atoms with Crippen molar-refractivity contribution >= 4 is 17.9 Å². The fourth-order valence-electron chi connectivity index (χ4n) is 7.14. The van der Waals surface area contributed by atoms with Crippen LogP contribution in [-0.2, 0) is 28.6 Å². The molecule has 0 aliphatic rings. The van der Waals surface area contributed by atoms with E-state index >= 15 is 0 Å². The van der Waals surface area contributed by atoms with Gasteiger partial charge in [0.2, 0.25) is 0 Å². The molecule has 0 saturated heterocycles. The molecule has 6 nitrogen and oxygen atoms in total. The maximum Gasteiger partial charge on any atom is 0.306 e. The number of carbonyl (C=O) groups is 3. The van der Waals surface area contributed by atoms with Crippen molar-refractivity contribution in [2.24, 2.45) is 0 Å². The molecule has 370 valence electrons. The molecule has 0 fully saturated rings. The van der Waals surface area contributed by atoms with E-state index in [0.29, 0.717) is 12.8 Å². The lowest BCUT2D eigenvalue weighted by molar-refractivity contribution is -0.167. The van der Waals surface area contributed by atoms with Crippen molar-refractivity contribution in [1.82, 2.24) is 0 Å². The zero-order valence-corrected chi connectivity index (χ0v) is 42.2. The summed E-state index contributed by atoms with van der Waals surface area (Å²) < 4.78 is 16.8. The van der Waals surface area contributed by atoms with Gasteiger partial charge in [0.05, 0.1) is 0 Å². The van der Waals surface area contributed by atoms with Crippen LogP contribution in [0.3, 0.4) is 0 Å². The quantitative estimate of drug-likeness (QED) is 0.0262. The number of allylic oxidation sites excluding steroid dienone is 16. The average molecular weight is 903 g/mol. The van der Waals surface area contributed by atoms with Crippen LogP contribution in [0.1, 0.15) is 239 Å². The Morgan fingerprint density at radius 3 is 0.969 bits per heavy atom. The van der Waals surface area contributed by atoms with E-state index in [-0.39, 0.29) is 37.5 Å². The normalized spacial score (nSPS) is 12.8. The van der Waals surface area contributed by atoms with Crippen LogP contribution in [0.25, 0.3) is 0 Å². The van der Waals surface area contributed by atoms with Gasteiger partial charge in [-0.1, -0.05) is 227 Å². The van der Waals surface area contributed by atoms with Gasteiger partial charge in [-0.15, -0.1) is 0 Å². The summed E-state index contributed by atoms with van der Waals surface area (Å²) in [6, 6.07) is 0. The van der Waals surface area contributed by atoms with Crippen molar-refractivity contribution < 1.29 is 28.6 Å². The maximum atomic E-state index is 12.8. The summed E-state index contributed by atoms with van der Waals surface area (Å²) in [6.45, 7) is 6.42. The first-order valence-corrected chi connectivity index (χ1v) is 26.8. The van der Waals surface area contributed by atoms with E-state index in [1.807, 2.05) is 18.2 Å². The molecule has 0 rings (SSSR count). The van der Waals surface area contributed by atoms with Crippen LogP contribution in [0.2, 0.25) is 0 Å². The van der Waals surface area contributed by atoms with Gasteiger partial charge in [-0.25, -0.2) is 0 Å². The molecule has 0 aromatic carbocycles. The minimum atomic E-state index is -0.813. The number of rotatable bonds is 47. The molecule has 0 aromatic heterocycles. The highest BCUT2D eigenvalue weighted by Crippen LogP contribution is 2.13. The van der Waals surface area contributed by atoms with Crippen LogP contribution in [-0.4, -0.2) is 37.2 Å². The molecule has 0 aromatic rings. The van der Waals surface area contributed by atoms with Crippen molar-refractivity contribution in [3.8, 4) is 0 Å². The highest BCUT2D eigenvalue weighted by atomic mass is 16.6. The van der Waals surface area contributed by atoms with Gasteiger partial charge < -0.3 is 14.2 Å². The topological polar surface area (TPSA) is 78.9 Å². The van der Waals surface area contributed by atoms with E-state index in [9.17, 15) is 14.4 Å². The molecule has 0 saturated carbocycles. The summed E-state index contributed by atoms with van der Waals surface area (Å²) in [5, 5.41) is 0. The zero-order valence-electron chi connectivity index (χ0n) is 42.2. The number of carbonyl (C=O) groups excluding carboxylic acids is 3. The van der Waals surface area contributed by atoms with Gasteiger partial charge in [-0.2, -0.15) is 0 Å². The third-order valence-electron chi connectivity index (χ3n) is 11.2. The predicted molar refractivity (Wildman–Crippen MR) is 279 cm³/mol. The first-order chi connectivity index (χ1) is 32.0. The molecule has 0 aliphatic heterocycles. The monoisotopic (exact) mass is 903 g/mol. The molecule has 0 amide bonds. The van der Waals surface area contributed by atoms with Crippen molar-refractivity contribution in [2.75, 3.05) is 13.2 Å². The van der Waals surface area contributed by atoms with Gasteiger partial charge in [0.25, 0.3) is 0 Å². The Bertz CT molecular complexity index is 1310. The molecule has 0 radical (unpaired) electrons. The Hall–Kier alpha value is -3.67. The van der Waals surface area contributed by atoms with Crippen LogP contribution in [0.4, 0.5) is 0 Å². The van der Waals surface area contributed by atoms with E-state index in [1.165, 1.54) is 89.9 Å². The Kier molecular flexibility index (Phi) is 50.0. The molecule has 6 heteroatoms. The van der Waals surface area contributed by atoms with E-state index in [0.717, 1.165) is 109 Å². The van der Waals surface area contributed by atoms with E-state index in [2.05, 4.69) is 99.8 Å². The summed E-state index contributed by atoms with van der Waals surface area (Å²) in [5.74, 6) is -0.986. The summed E-state index contributed by atoms with van der Waals surface area (Å²) >= 11 is 0. The second kappa shape index (κ2) is 52.9. The third-order valence-corrected chi connectivity index (χ3v) is 11.2. The summed E-state index contributed by atoms with van der Waals surface area (Å²) in [6.07, 6.45) is 69.6. The van der Waals surface area contributed by atoms with Crippen molar-refractivity contribution in [3.63, 3.8) is 0 Å². The van der Waals surface area contributed by atoms with Crippen LogP contribution in [0.5, 0.6) is 0 Å². The standard InChI is InChI=1S/C59H98O6/c1-4-7-10-13-16-19-22-25-28-31-34-37-40-43-46-49-52-58(61)64-55-56(54-63-57(60)51-48-45-42-39-36-33-30-27-24-21-18-15-12-9-6-3)65-59(62)53-50-47-44-41-38-35-32-29-26-23-20-17-14-11-8-5-2/h9,12,15,18,21,24,27-32,34-35,37-38,56H,4-8,10-11,13-14,16-17,19-20,22-23,25-26,33,36,39-55H2,1-3H3/b12-9-,18-15-,24-21-,30-27-,31-28-,32-29-,37-34-,38-35-. The fraction of sp³-hybridized carbons (Fsp3) is 0.678. The zero-order chi connectivity index (χ0) is 47.2. The largest absolute Gasteiger partial charge is 0.462 e. The van der Waals surface area contributed by atoms with E-state index in [1.54, 1.807) is 0 Å². The Labute approximate surface area is 400 Å². The number of hydrogen-bond donors (Lipinski definition) is 0. The van der Waals surface area contributed by atoms with Gasteiger partial charge in [0.1, 0.15) is 13.2 Å². The highest BCUT2D eigenvalue weighted by Gasteiger charge is 2.19. The number of ether oxygens (including phenoxy) is 3. The van der Waals surface area contributed by atoms with Gasteiger partial charge in [0.15, 0.2) is 6.10 Å². The molecular formula is C59H98O6. The average Bonchev–Trinajstić information content (AvgIpc) is 3.30. The molecule has 1 atom stereocenters. The molecule has 0 heterocycles. The van der Waals surface area contributed by atoms with Gasteiger partial charge >= 0.3 is 17.9 Å². The minimum Gasteiger partial charge on any atom is -0.462 e. The fourth-order valence-corrected chi connectivity index (χ4v) is 7.14. The Morgan fingerprint density at radius 2 is 0.600 bits per heavy atom. The first kappa shape index (κ1) is 61.3. The lowest BCUT2D eigenvalue weighted by atomic mass is 10.1. The van der Waals surface area contributed by atoms with Crippen LogP contribution in [0.15, 0.2) is 97.2 Å². The summed E-state index contributed by atoms with van der Waals surface area (Å²) in [5.41, 5.74) is 0. The maximum absolute atomic E-state index is 12.8. The number of hydrogen-bond acceptors (Lipinski definition) is 6. The second-order valence-electron chi connectivity index (χ2n) is 17.5. The van der Waals surface area contributed by atoms with E-state index < -0.39 is 6.10 Å². The predicted octanol–water partition coefficient (Wildman–Crippen LogP) is 17.8. The van der Waals surface area contributed by atoms with Crippen LogP contribution in [0, 0.1) is 0 Å². The number of esters is 3. The second-order valence-corrected chi connectivity index (χ2v) is 17.5. The molecule has 0 aliphatic carbocycles. The number of unbranched alkanes of at least 4 members (excludes halogenated alkanes) is 25. The lowest BCUT2D eigenvalue weighted by Gasteiger charge is -2.18. The first-order valence-electron chi connectivity index (χ1n) is 26.8. The molecule has 0 bridgehead atoms. The SMILES string of the molecule is CC\C=C/C=C\C=C/C=C\CCCCCCCC(=O)OCC(COC(=O)CCCCC/C=C\C=C/CCCCCCCCC)OC(=O)CCCCC/C=C\C=C/CCCCCCCCC. The summed E-state index contributed by atoms with van der Waals surface area (Å²) in [7, 11) is 0. The van der Waals surface area contributed by atoms with Crippen molar-refractivity contribution in [1.29, 1.82) is 0 Å². The molecule has 0 N–H and O–H groups in total. The van der Waals surface area contributed by atoms with E-state index in [4.69, 9.17) is 14.2 Å². The molecule has 1 unspecified atom stereocenters. The third kappa shape index (κ3) is 51.2. The minimum absolute atomic E-state index is 0.110. The molecular weight excluding hydrogens is 805 g/mol. The Balaban J connectivity index is 4.53. The van der Waals surface area contributed by atoms with Crippen molar-refractivity contribution in [2.45, 2.75) is 245 Å². The molecule has 65 heavy (non-hydrogen) atoms. The smallest absolute Gasteiger partial charge is 0.306 e.